The Bertz CT molecular complexity index is 1160. The molecule has 4 bridgehead atoms. The van der Waals surface area contributed by atoms with Crippen LogP contribution in [0.25, 0.3) is 5.69 Å². The van der Waals surface area contributed by atoms with Crippen molar-refractivity contribution in [3.8, 4) is 5.69 Å². The second-order valence-electron chi connectivity index (χ2n) is 6.94. The van der Waals surface area contributed by atoms with Gasteiger partial charge >= 0.3 is 11.4 Å². The first-order valence-electron chi connectivity index (χ1n) is 8.27. The number of hydrogen-bond acceptors (Lipinski definition) is 4. The average Bonchev–Trinajstić information content (AvgIpc) is 3.31. The molecule has 1 fully saturated rings. The van der Waals surface area contributed by atoms with E-state index < -0.39 is 0 Å². The molecule has 0 radical (unpaired) electrons. The maximum absolute atomic E-state index is 13.0. The summed E-state index contributed by atoms with van der Waals surface area (Å²) in [5.74, 6) is 0.149. The van der Waals surface area contributed by atoms with Crippen molar-refractivity contribution in [3.63, 3.8) is 0 Å². The molecule has 1 aromatic carbocycles. The molecule has 0 saturated heterocycles. The monoisotopic (exact) mass is 335 g/mol. The largest absolute Gasteiger partial charge is 0.594 e. The van der Waals surface area contributed by atoms with E-state index in [2.05, 4.69) is 5.10 Å². The lowest BCUT2D eigenvalue weighted by Gasteiger charge is -2.24. The Hall–Kier alpha value is -3.16. The number of hydrogen-bond donors (Lipinski definition) is 0. The van der Waals surface area contributed by atoms with Crippen LogP contribution < -0.4 is 16.2 Å². The van der Waals surface area contributed by atoms with E-state index >= 15 is 0 Å². The molecule has 0 spiro atoms. The van der Waals surface area contributed by atoms with Crippen molar-refractivity contribution in [1.29, 1.82) is 0 Å². The minimum Gasteiger partial charge on any atom is -0.594 e. The van der Waals surface area contributed by atoms with Gasteiger partial charge in [-0.05, 0) is 24.1 Å². The summed E-state index contributed by atoms with van der Waals surface area (Å²) in [6, 6.07) is 8.83. The number of rotatable bonds is 1. The molecule has 3 aliphatic rings. The predicted octanol–water partition coefficient (Wildman–Crippen LogP) is 0.210. The van der Waals surface area contributed by atoms with E-state index in [1.165, 1.54) is 10.8 Å². The first kappa shape index (κ1) is 13.2. The third-order valence-electron chi connectivity index (χ3n) is 5.96. The first-order chi connectivity index (χ1) is 12.2. The summed E-state index contributed by atoms with van der Waals surface area (Å²) in [7, 11) is 0. The van der Waals surface area contributed by atoms with Crippen molar-refractivity contribution >= 4 is 0 Å². The molecule has 124 valence electrons. The highest BCUT2D eigenvalue weighted by Crippen LogP contribution is 2.66. The Kier molecular flexibility index (Phi) is 2.15. The smallest absolute Gasteiger partial charge is 0.352 e. The Balaban J connectivity index is 1.59. The van der Waals surface area contributed by atoms with Gasteiger partial charge in [-0.3, -0.25) is 0 Å². The number of benzene rings is 1. The van der Waals surface area contributed by atoms with Crippen LogP contribution >= 0.6 is 0 Å². The third kappa shape index (κ3) is 1.36. The zero-order valence-electron chi connectivity index (χ0n) is 13.0. The van der Waals surface area contributed by atoms with Crippen LogP contribution in [0.3, 0.4) is 0 Å². The zero-order valence-corrected chi connectivity index (χ0v) is 13.0. The van der Waals surface area contributed by atoms with Crippen molar-refractivity contribution < 1.29 is 4.85 Å². The molecule has 8 nitrogen and oxygen atoms in total. The molecule has 0 amide bonds. The van der Waals surface area contributed by atoms with Gasteiger partial charge in [0.1, 0.15) is 0 Å². The highest BCUT2D eigenvalue weighted by Gasteiger charge is 2.61. The standard InChI is InChI=1S/C17H13N5O3/c23-16-20(9-4-2-1-3-5-9)17(24)22-15-10-6-13(21(16)22)14(15)11-7-18-19(25)8-12(10)11/h1-5,7-8,10,13-15H,6H2/t10-,13+,14-,15?/m0/s1. The molecule has 2 aromatic heterocycles. The molecule has 3 heterocycles. The molecule has 1 aliphatic heterocycles. The lowest BCUT2D eigenvalue weighted by molar-refractivity contribution is -0.669. The molecular weight excluding hydrogens is 322 g/mol. The van der Waals surface area contributed by atoms with E-state index in [-0.39, 0.29) is 35.3 Å². The molecule has 4 atom stereocenters. The normalized spacial score (nSPS) is 27.5. The third-order valence-corrected chi connectivity index (χ3v) is 5.96. The summed E-state index contributed by atoms with van der Waals surface area (Å²) < 4.78 is 4.46. The van der Waals surface area contributed by atoms with Crippen LogP contribution in [0, 0.1) is 5.21 Å². The highest BCUT2D eigenvalue weighted by atomic mass is 16.5. The summed E-state index contributed by atoms with van der Waals surface area (Å²) in [5.41, 5.74) is 1.94. The topological polar surface area (TPSA) is 88.8 Å². The first-order valence-corrected chi connectivity index (χ1v) is 8.27. The Morgan fingerprint density at radius 3 is 2.64 bits per heavy atom. The van der Waals surface area contributed by atoms with Gasteiger partial charge in [0.2, 0.25) is 6.20 Å². The van der Waals surface area contributed by atoms with Gasteiger partial charge in [0.25, 0.3) is 0 Å². The highest BCUT2D eigenvalue weighted by molar-refractivity contribution is 5.44. The Labute approximate surface area is 140 Å². The van der Waals surface area contributed by atoms with Crippen molar-refractivity contribution in [2.24, 2.45) is 0 Å². The minimum atomic E-state index is -0.311. The van der Waals surface area contributed by atoms with Crippen LogP contribution in [0.1, 0.15) is 41.5 Å². The Morgan fingerprint density at radius 1 is 1.08 bits per heavy atom. The van der Waals surface area contributed by atoms with Crippen molar-refractivity contribution in [1.82, 2.24) is 19.0 Å². The summed E-state index contributed by atoms with van der Waals surface area (Å²) in [6.45, 7) is 0. The lowest BCUT2D eigenvalue weighted by Crippen LogP contribution is -2.35. The predicted molar refractivity (Wildman–Crippen MR) is 85.7 cm³/mol. The molecule has 25 heavy (non-hydrogen) atoms. The van der Waals surface area contributed by atoms with E-state index in [1.807, 2.05) is 18.2 Å². The zero-order chi connectivity index (χ0) is 16.9. The van der Waals surface area contributed by atoms with Gasteiger partial charge < -0.3 is 5.21 Å². The van der Waals surface area contributed by atoms with E-state index in [0.29, 0.717) is 10.5 Å². The van der Waals surface area contributed by atoms with Gasteiger partial charge in [-0.2, -0.15) is 0 Å². The second-order valence-corrected chi connectivity index (χ2v) is 6.94. The van der Waals surface area contributed by atoms with Crippen LogP contribution in [0.4, 0.5) is 0 Å². The van der Waals surface area contributed by atoms with E-state index in [9.17, 15) is 14.8 Å². The maximum Gasteiger partial charge on any atom is 0.352 e. The summed E-state index contributed by atoms with van der Waals surface area (Å²) in [5, 5.41) is 15.3. The van der Waals surface area contributed by atoms with Gasteiger partial charge in [0.05, 0.1) is 24.0 Å². The van der Waals surface area contributed by atoms with E-state index in [1.54, 1.807) is 27.7 Å². The molecule has 3 aromatic rings. The number of nitrogens with zero attached hydrogens (tertiary/aromatic N) is 5. The van der Waals surface area contributed by atoms with Crippen molar-refractivity contribution in [3.05, 3.63) is 80.0 Å². The molecule has 1 unspecified atom stereocenters. The van der Waals surface area contributed by atoms with E-state index in [4.69, 9.17) is 0 Å². The quantitative estimate of drug-likeness (QED) is 0.470. The van der Waals surface area contributed by atoms with Gasteiger partial charge in [-0.25, -0.2) is 23.5 Å². The van der Waals surface area contributed by atoms with Gasteiger partial charge in [0, 0.05) is 22.5 Å². The fraction of sp³-hybridized carbons (Fsp3) is 0.294. The SMILES string of the molecule is O=c1n(-c2ccccc2)c(=O)n2n1C1[C@H]3c4cn[n+]([O-])cc4[C@@H]1C[C@H]32. The molecule has 6 rings (SSSR count). The van der Waals surface area contributed by atoms with Gasteiger partial charge in [-0.15, -0.1) is 0 Å². The van der Waals surface area contributed by atoms with Gasteiger partial charge in [-0.1, -0.05) is 23.0 Å². The number of fused-ring (bicyclic) bond motifs is 4. The Morgan fingerprint density at radius 2 is 1.84 bits per heavy atom. The van der Waals surface area contributed by atoms with Crippen LogP contribution in [-0.4, -0.2) is 19.0 Å². The van der Waals surface area contributed by atoms with Crippen LogP contribution in [-0.2, 0) is 0 Å². The lowest BCUT2D eigenvalue weighted by atomic mass is 9.91. The van der Waals surface area contributed by atoms with Crippen molar-refractivity contribution in [2.75, 3.05) is 0 Å². The average molecular weight is 335 g/mol. The molecular formula is C17H13N5O3. The maximum atomic E-state index is 13.0. The van der Waals surface area contributed by atoms with Gasteiger partial charge in [0.15, 0.2) is 0 Å². The number of para-hydroxylation sites is 1. The molecule has 8 heteroatoms. The summed E-state index contributed by atoms with van der Waals surface area (Å²) in [4.78, 5) is 26.5. The van der Waals surface area contributed by atoms with Crippen LogP contribution in [0.5, 0.6) is 0 Å². The molecule has 1 saturated carbocycles. The molecule has 0 N–H and O–H groups in total. The van der Waals surface area contributed by atoms with Crippen LogP contribution in [0.2, 0.25) is 0 Å². The van der Waals surface area contributed by atoms with Crippen LogP contribution in [0.15, 0.2) is 52.3 Å². The van der Waals surface area contributed by atoms with E-state index in [0.717, 1.165) is 17.5 Å². The fourth-order valence-electron chi connectivity index (χ4n) is 5.15. The summed E-state index contributed by atoms with van der Waals surface area (Å²) in [6.07, 6.45) is 3.89. The minimum absolute atomic E-state index is 0.0445. The number of aromatic nitrogens is 5. The summed E-state index contributed by atoms with van der Waals surface area (Å²) >= 11 is 0. The fourth-order valence-corrected chi connectivity index (χ4v) is 5.15. The molecule has 2 aliphatic carbocycles. The second kappa shape index (κ2) is 4.08. The van der Waals surface area contributed by atoms with Crippen molar-refractivity contribution in [2.45, 2.75) is 30.3 Å².